The molecule has 1 aromatic carbocycles. The summed E-state index contributed by atoms with van der Waals surface area (Å²) in [4.78, 5) is 38.9. The second kappa shape index (κ2) is 5.92. The molecular weight excluding hydrogens is 306 g/mol. The maximum atomic E-state index is 12.2. The van der Waals surface area contributed by atoms with Crippen molar-refractivity contribution in [2.75, 3.05) is 18.4 Å². The van der Waals surface area contributed by atoms with E-state index in [9.17, 15) is 14.4 Å². The van der Waals surface area contributed by atoms with E-state index in [2.05, 4.69) is 26.1 Å². The van der Waals surface area contributed by atoms with Gasteiger partial charge in [-0.25, -0.2) is 4.79 Å². The summed E-state index contributed by atoms with van der Waals surface area (Å²) >= 11 is 0. The third kappa shape index (κ3) is 3.42. The first-order valence-corrected chi connectivity index (χ1v) is 8.27. The predicted octanol–water partition coefficient (Wildman–Crippen LogP) is 2.35. The average Bonchev–Trinajstić information content (AvgIpc) is 3.30. The number of amides is 4. The molecule has 1 aliphatic heterocycles. The van der Waals surface area contributed by atoms with Crippen molar-refractivity contribution >= 4 is 23.5 Å². The highest BCUT2D eigenvalue weighted by Crippen LogP contribution is 2.30. The lowest BCUT2D eigenvalue weighted by atomic mass is 9.87. The first-order valence-electron chi connectivity index (χ1n) is 8.27. The highest BCUT2D eigenvalue weighted by atomic mass is 16.2. The van der Waals surface area contributed by atoms with Crippen LogP contribution < -0.4 is 5.32 Å². The van der Waals surface area contributed by atoms with Gasteiger partial charge in [-0.2, -0.15) is 0 Å². The highest BCUT2D eigenvalue weighted by Gasteiger charge is 2.44. The molecule has 0 aromatic heterocycles. The molecule has 1 saturated heterocycles. The van der Waals surface area contributed by atoms with Gasteiger partial charge < -0.3 is 10.2 Å². The van der Waals surface area contributed by atoms with Gasteiger partial charge in [-0.1, -0.05) is 32.9 Å². The van der Waals surface area contributed by atoms with Gasteiger partial charge in [0.2, 0.25) is 5.91 Å². The Bertz CT molecular complexity index is 672. The fraction of sp³-hybridized carbons (Fsp3) is 0.500. The van der Waals surface area contributed by atoms with Gasteiger partial charge >= 0.3 is 6.03 Å². The van der Waals surface area contributed by atoms with E-state index >= 15 is 0 Å². The summed E-state index contributed by atoms with van der Waals surface area (Å²) in [6.45, 7) is 6.23. The van der Waals surface area contributed by atoms with Crippen LogP contribution in [0.5, 0.6) is 0 Å². The number of hydrogen-bond acceptors (Lipinski definition) is 3. The quantitative estimate of drug-likeness (QED) is 0.862. The van der Waals surface area contributed by atoms with Gasteiger partial charge in [0.25, 0.3) is 5.91 Å². The van der Waals surface area contributed by atoms with Gasteiger partial charge in [0.05, 0.1) is 0 Å². The molecule has 0 spiro atoms. The van der Waals surface area contributed by atoms with Crippen molar-refractivity contribution in [3.63, 3.8) is 0 Å². The van der Waals surface area contributed by atoms with Crippen LogP contribution in [0, 0.1) is 0 Å². The van der Waals surface area contributed by atoms with Crippen LogP contribution in [0.25, 0.3) is 0 Å². The Labute approximate surface area is 141 Å². The number of imide groups is 1. The minimum absolute atomic E-state index is 0.0448. The molecule has 2 fully saturated rings. The summed E-state index contributed by atoms with van der Waals surface area (Å²) in [5.41, 5.74) is 1.88. The minimum atomic E-state index is -0.363. The predicted molar refractivity (Wildman–Crippen MR) is 90.6 cm³/mol. The molecule has 1 aliphatic carbocycles. The molecule has 128 valence electrons. The molecule has 1 heterocycles. The van der Waals surface area contributed by atoms with Gasteiger partial charge in [-0.15, -0.1) is 0 Å². The average molecular weight is 329 g/mol. The van der Waals surface area contributed by atoms with Gasteiger partial charge in [-0.05, 0) is 36.0 Å². The standard InChI is InChI=1S/C18H23N3O3/c1-18(2,3)12-4-6-13(7-5-12)19-15(22)10-21-16(23)11-20(17(21)24)14-8-9-14/h4-7,14H,8-11H2,1-3H3,(H,19,22). The Hall–Kier alpha value is -2.37. The molecule has 1 aromatic rings. The zero-order valence-corrected chi connectivity index (χ0v) is 14.3. The summed E-state index contributed by atoms with van der Waals surface area (Å²) in [5.74, 6) is -0.664. The van der Waals surface area contributed by atoms with Crippen LogP contribution in [0.3, 0.4) is 0 Å². The number of urea groups is 1. The van der Waals surface area contributed by atoms with Crippen molar-refractivity contribution in [1.82, 2.24) is 9.80 Å². The lowest BCUT2D eigenvalue weighted by molar-refractivity contribution is -0.129. The number of carbonyl (C=O) groups is 3. The Morgan fingerprint density at radius 1 is 1.17 bits per heavy atom. The molecule has 3 rings (SSSR count). The number of rotatable bonds is 4. The van der Waals surface area contributed by atoms with E-state index in [0.29, 0.717) is 5.69 Å². The van der Waals surface area contributed by atoms with E-state index in [1.807, 2.05) is 24.3 Å². The minimum Gasteiger partial charge on any atom is -0.325 e. The maximum Gasteiger partial charge on any atom is 0.327 e. The number of benzene rings is 1. The first-order chi connectivity index (χ1) is 11.3. The van der Waals surface area contributed by atoms with Crippen molar-refractivity contribution in [2.45, 2.75) is 45.1 Å². The topological polar surface area (TPSA) is 69.7 Å². The van der Waals surface area contributed by atoms with Crippen LogP contribution in [-0.4, -0.2) is 46.8 Å². The fourth-order valence-electron chi connectivity index (χ4n) is 2.79. The van der Waals surface area contributed by atoms with Crippen molar-refractivity contribution in [1.29, 1.82) is 0 Å². The Kier molecular flexibility index (Phi) is 4.07. The van der Waals surface area contributed by atoms with E-state index in [0.717, 1.165) is 17.7 Å². The normalized spacial score (nSPS) is 18.3. The Morgan fingerprint density at radius 2 is 1.79 bits per heavy atom. The van der Waals surface area contributed by atoms with E-state index in [1.165, 1.54) is 5.56 Å². The first kappa shape index (κ1) is 16.5. The van der Waals surface area contributed by atoms with Crippen LogP contribution in [0.2, 0.25) is 0 Å². The molecule has 0 atom stereocenters. The van der Waals surface area contributed by atoms with Crippen molar-refractivity contribution in [3.8, 4) is 0 Å². The van der Waals surface area contributed by atoms with E-state index in [1.54, 1.807) is 4.90 Å². The van der Waals surface area contributed by atoms with Gasteiger partial charge in [0, 0.05) is 11.7 Å². The van der Waals surface area contributed by atoms with Crippen LogP contribution in [0.15, 0.2) is 24.3 Å². The van der Waals surface area contributed by atoms with E-state index in [4.69, 9.17) is 0 Å². The molecule has 1 saturated carbocycles. The van der Waals surface area contributed by atoms with Gasteiger partial charge in [-0.3, -0.25) is 14.5 Å². The molecule has 24 heavy (non-hydrogen) atoms. The van der Waals surface area contributed by atoms with Crippen LogP contribution >= 0.6 is 0 Å². The molecule has 2 aliphatic rings. The Balaban J connectivity index is 1.59. The molecular formula is C18H23N3O3. The molecule has 0 radical (unpaired) electrons. The smallest absolute Gasteiger partial charge is 0.325 e. The molecule has 0 unspecified atom stereocenters. The molecule has 6 nitrogen and oxygen atoms in total. The molecule has 4 amide bonds. The number of nitrogens with zero attached hydrogens (tertiary/aromatic N) is 2. The Morgan fingerprint density at radius 3 is 2.33 bits per heavy atom. The summed E-state index contributed by atoms with van der Waals surface area (Å²) in [7, 11) is 0. The number of nitrogens with one attached hydrogen (secondary N) is 1. The lowest BCUT2D eigenvalue weighted by Crippen LogP contribution is -2.39. The largest absolute Gasteiger partial charge is 0.327 e. The van der Waals surface area contributed by atoms with Gasteiger partial charge in [0.15, 0.2) is 0 Å². The summed E-state index contributed by atoms with van der Waals surface area (Å²) in [6, 6.07) is 7.44. The fourth-order valence-corrected chi connectivity index (χ4v) is 2.79. The SMILES string of the molecule is CC(C)(C)c1ccc(NC(=O)CN2C(=O)CN(C3CC3)C2=O)cc1. The van der Waals surface area contributed by atoms with E-state index < -0.39 is 0 Å². The third-order valence-electron chi connectivity index (χ3n) is 4.41. The summed E-state index contributed by atoms with van der Waals surface area (Å²) in [6.07, 6.45) is 1.89. The van der Waals surface area contributed by atoms with E-state index in [-0.39, 0.29) is 42.4 Å². The number of hydrogen-bond donors (Lipinski definition) is 1. The zero-order valence-electron chi connectivity index (χ0n) is 14.3. The molecule has 1 N–H and O–H groups in total. The van der Waals surface area contributed by atoms with Gasteiger partial charge in [0.1, 0.15) is 13.1 Å². The maximum absolute atomic E-state index is 12.2. The molecule has 6 heteroatoms. The third-order valence-corrected chi connectivity index (χ3v) is 4.41. The summed E-state index contributed by atoms with van der Waals surface area (Å²) in [5, 5.41) is 2.74. The van der Waals surface area contributed by atoms with Crippen molar-refractivity contribution < 1.29 is 14.4 Å². The van der Waals surface area contributed by atoms with Crippen LogP contribution in [-0.2, 0) is 15.0 Å². The second-order valence-corrected chi connectivity index (χ2v) is 7.50. The second-order valence-electron chi connectivity index (χ2n) is 7.50. The van der Waals surface area contributed by atoms with Crippen LogP contribution in [0.4, 0.5) is 10.5 Å². The van der Waals surface area contributed by atoms with Crippen molar-refractivity contribution in [2.24, 2.45) is 0 Å². The lowest BCUT2D eigenvalue weighted by Gasteiger charge is -2.19. The highest BCUT2D eigenvalue weighted by molar-refractivity contribution is 6.06. The zero-order chi connectivity index (χ0) is 17.5. The summed E-state index contributed by atoms with van der Waals surface area (Å²) < 4.78 is 0. The number of anilines is 1. The van der Waals surface area contributed by atoms with Crippen LogP contribution in [0.1, 0.15) is 39.2 Å². The molecule has 0 bridgehead atoms. The number of carbonyl (C=O) groups excluding carboxylic acids is 3. The monoisotopic (exact) mass is 329 g/mol. The van der Waals surface area contributed by atoms with Crippen molar-refractivity contribution in [3.05, 3.63) is 29.8 Å².